The number of methoxy groups -OCH3 is 1. The van der Waals surface area contributed by atoms with E-state index in [1.165, 1.54) is 18.2 Å². The first-order chi connectivity index (χ1) is 11.9. The van der Waals surface area contributed by atoms with Crippen LogP contribution >= 0.6 is 0 Å². The number of hydrogen-bond donors (Lipinski definition) is 0. The highest BCUT2D eigenvalue weighted by molar-refractivity contribution is 6.46. The lowest BCUT2D eigenvalue weighted by atomic mass is 9.98. The number of non-ortho nitro benzene ring substituents is 1. The van der Waals surface area contributed by atoms with E-state index >= 15 is 0 Å². The summed E-state index contributed by atoms with van der Waals surface area (Å²) in [4.78, 5) is 58.7. The number of rotatable bonds is 4. The molecular weight excluding hydrogens is 338 g/mol. The van der Waals surface area contributed by atoms with Gasteiger partial charge < -0.3 is 4.74 Å². The number of nitro groups is 1. The number of ether oxygens (including phenoxy) is 1. The Bertz CT molecular complexity index is 851. The molecule has 128 valence electrons. The van der Waals surface area contributed by atoms with Gasteiger partial charge >= 0.3 is 5.97 Å². The predicted molar refractivity (Wildman–Crippen MR) is 80.0 cm³/mol. The first-order valence-electron chi connectivity index (χ1n) is 6.82. The molecule has 2 amide bonds. The lowest BCUT2D eigenvalue weighted by molar-refractivity contribution is -0.384. The highest BCUT2D eigenvalue weighted by Crippen LogP contribution is 2.36. The van der Waals surface area contributed by atoms with Crippen molar-refractivity contribution in [3.05, 3.63) is 39.3 Å². The standard InChI is InChI=1S/C13H9N5O7/c1-25-13(21)9-8-10(17(14-9)15-22)12(20)16(11(8)19)6-3-2-4-7(5-6)18(23)24/h2-5,8,10H,1H3/t8-,10-/m1/s1. The molecule has 1 fully saturated rings. The van der Waals surface area contributed by atoms with E-state index in [0.717, 1.165) is 13.2 Å². The SMILES string of the molecule is COC(=O)C1=NN(N=O)[C@H]2C(=O)N(c3cccc([N+](=O)[O-])c3)C(=O)[C@H]12. The van der Waals surface area contributed by atoms with Gasteiger partial charge in [-0.05, 0) is 6.07 Å². The van der Waals surface area contributed by atoms with Crippen LogP contribution in [0.4, 0.5) is 11.4 Å². The third-order valence-corrected chi connectivity index (χ3v) is 3.81. The molecule has 1 aromatic carbocycles. The summed E-state index contributed by atoms with van der Waals surface area (Å²) in [5.41, 5.74) is -0.825. The highest BCUT2D eigenvalue weighted by Gasteiger charge is 2.59. The third-order valence-electron chi connectivity index (χ3n) is 3.81. The summed E-state index contributed by atoms with van der Waals surface area (Å²) in [7, 11) is 1.05. The topological polar surface area (TPSA) is 152 Å². The normalized spacial score (nSPS) is 21.9. The molecule has 1 saturated heterocycles. The number of nitroso groups, excluding NO2 is 1. The van der Waals surface area contributed by atoms with Gasteiger partial charge in [0, 0.05) is 12.1 Å². The van der Waals surface area contributed by atoms with Crippen LogP contribution in [0.3, 0.4) is 0 Å². The van der Waals surface area contributed by atoms with Crippen molar-refractivity contribution < 1.29 is 24.0 Å². The minimum Gasteiger partial charge on any atom is -0.464 e. The van der Waals surface area contributed by atoms with Crippen molar-refractivity contribution in [2.45, 2.75) is 6.04 Å². The van der Waals surface area contributed by atoms with E-state index in [-0.39, 0.29) is 11.4 Å². The summed E-state index contributed by atoms with van der Waals surface area (Å²) < 4.78 is 4.50. The Labute approximate surface area is 138 Å². The zero-order valence-electron chi connectivity index (χ0n) is 12.6. The van der Waals surface area contributed by atoms with E-state index in [2.05, 4.69) is 15.1 Å². The molecule has 3 rings (SSSR count). The van der Waals surface area contributed by atoms with Crippen LogP contribution in [0.5, 0.6) is 0 Å². The number of amides is 2. The molecule has 0 bridgehead atoms. The van der Waals surface area contributed by atoms with Crippen molar-refractivity contribution >= 4 is 34.9 Å². The fraction of sp³-hybridized carbons (Fsp3) is 0.231. The molecule has 0 N–H and O–H groups in total. The van der Waals surface area contributed by atoms with Crippen molar-refractivity contribution in [1.29, 1.82) is 0 Å². The van der Waals surface area contributed by atoms with Gasteiger partial charge in [0.2, 0.25) is 5.91 Å². The molecule has 2 aliphatic rings. The molecule has 25 heavy (non-hydrogen) atoms. The highest BCUT2D eigenvalue weighted by atomic mass is 16.6. The van der Waals surface area contributed by atoms with E-state index in [0.29, 0.717) is 10.0 Å². The second kappa shape index (κ2) is 5.74. The summed E-state index contributed by atoms with van der Waals surface area (Å²) in [6, 6.07) is 3.41. The summed E-state index contributed by atoms with van der Waals surface area (Å²) >= 11 is 0. The molecule has 12 nitrogen and oxygen atoms in total. The van der Waals surface area contributed by atoms with Crippen LogP contribution < -0.4 is 4.90 Å². The predicted octanol–water partition coefficient (Wildman–Crippen LogP) is -0.0212. The van der Waals surface area contributed by atoms with E-state index in [4.69, 9.17) is 0 Å². The van der Waals surface area contributed by atoms with Crippen LogP contribution in [0.1, 0.15) is 0 Å². The van der Waals surface area contributed by atoms with Gasteiger partial charge in [-0.3, -0.25) is 19.7 Å². The van der Waals surface area contributed by atoms with Gasteiger partial charge in [0.05, 0.1) is 23.0 Å². The summed E-state index contributed by atoms with van der Waals surface area (Å²) in [5.74, 6) is -4.09. The minimum atomic E-state index is -1.43. The van der Waals surface area contributed by atoms with E-state index in [1.807, 2.05) is 0 Å². The lowest BCUT2D eigenvalue weighted by Gasteiger charge is -2.16. The number of benzene rings is 1. The Kier molecular flexibility index (Phi) is 3.71. The minimum absolute atomic E-state index is 0.0614. The Morgan fingerprint density at radius 2 is 2.08 bits per heavy atom. The van der Waals surface area contributed by atoms with Crippen LogP contribution in [0.25, 0.3) is 0 Å². The monoisotopic (exact) mass is 347 g/mol. The maximum Gasteiger partial charge on any atom is 0.355 e. The molecule has 0 aromatic heterocycles. The van der Waals surface area contributed by atoms with Gasteiger partial charge in [-0.1, -0.05) is 6.07 Å². The number of anilines is 1. The second-order valence-electron chi connectivity index (χ2n) is 5.09. The van der Waals surface area contributed by atoms with Crippen LogP contribution in [0.2, 0.25) is 0 Å². The zero-order chi connectivity index (χ0) is 18.3. The van der Waals surface area contributed by atoms with Crippen molar-refractivity contribution in [3.8, 4) is 0 Å². The summed E-state index contributed by atoms with van der Waals surface area (Å²) in [5, 5.41) is 17.4. The second-order valence-corrected chi connectivity index (χ2v) is 5.09. The maximum absolute atomic E-state index is 12.6. The van der Waals surface area contributed by atoms with Crippen LogP contribution in [-0.2, 0) is 19.1 Å². The smallest absolute Gasteiger partial charge is 0.355 e. The molecule has 2 aliphatic heterocycles. The fourth-order valence-corrected chi connectivity index (χ4v) is 2.73. The van der Waals surface area contributed by atoms with Gasteiger partial charge in [-0.25, -0.2) is 9.69 Å². The number of esters is 1. The quantitative estimate of drug-likeness (QED) is 0.242. The molecule has 1 aromatic rings. The van der Waals surface area contributed by atoms with Crippen molar-refractivity contribution in [1.82, 2.24) is 5.12 Å². The number of nitro benzene ring substituents is 1. The number of nitrogens with zero attached hydrogens (tertiary/aromatic N) is 5. The number of carbonyl (C=O) groups is 3. The molecule has 12 heteroatoms. The van der Waals surface area contributed by atoms with Crippen molar-refractivity contribution in [3.63, 3.8) is 0 Å². The number of carbonyl (C=O) groups excluding carboxylic acids is 3. The Morgan fingerprint density at radius 3 is 2.68 bits per heavy atom. The van der Waals surface area contributed by atoms with Gasteiger partial charge in [0.25, 0.3) is 11.6 Å². The van der Waals surface area contributed by atoms with E-state index in [9.17, 15) is 29.4 Å². The molecule has 2 heterocycles. The van der Waals surface area contributed by atoms with Gasteiger partial charge in [0.15, 0.2) is 11.8 Å². The maximum atomic E-state index is 12.6. The summed E-state index contributed by atoms with van der Waals surface area (Å²) in [6.45, 7) is 0. The number of imide groups is 1. The Balaban J connectivity index is 2.05. The van der Waals surface area contributed by atoms with Crippen LogP contribution in [0.15, 0.2) is 34.7 Å². The lowest BCUT2D eigenvalue weighted by Crippen LogP contribution is -2.36. The largest absolute Gasteiger partial charge is 0.464 e. The molecule has 0 radical (unpaired) electrons. The zero-order valence-corrected chi connectivity index (χ0v) is 12.6. The summed E-state index contributed by atoms with van der Waals surface area (Å²) in [6.07, 6.45) is 0. The van der Waals surface area contributed by atoms with E-state index in [1.54, 1.807) is 0 Å². The average Bonchev–Trinajstić information content (AvgIpc) is 3.11. The Hall–Kier alpha value is -3.70. The molecule has 0 spiro atoms. The van der Waals surface area contributed by atoms with Crippen molar-refractivity contribution in [2.75, 3.05) is 12.0 Å². The average molecular weight is 347 g/mol. The van der Waals surface area contributed by atoms with Gasteiger partial charge in [-0.2, -0.15) is 0 Å². The van der Waals surface area contributed by atoms with Crippen LogP contribution in [0, 0.1) is 20.9 Å². The molecular formula is C13H9N5O7. The molecule has 0 saturated carbocycles. The number of hydrazone groups is 1. The molecule has 2 atom stereocenters. The van der Waals surface area contributed by atoms with Gasteiger partial charge in [0.1, 0.15) is 5.92 Å². The molecule has 0 aliphatic carbocycles. The number of hydrogen-bond acceptors (Lipinski definition) is 9. The van der Waals surface area contributed by atoms with E-state index < -0.39 is 40.4 Å². The molecule has 0 unspecified atom stereocenters. The first-order valence-corrected chi connectivity index (χ1v) is 6.82. The van der Waals surface area contributed by atoms with Crippen molar-refractivity contribution in [2.24, 2.45) is 16.3 Å². The van der Waals surface area contributed by atoms with Crippen LogP contribution in [-0.4, -0.2) is 46.7 Å². The number of fused-ring (bicyclic) bond motifs is 1. The fourth-order valence-electron chi connectivity index (χ4n) is 2.73. The Morgan fingerprint density at radius 1 is 1.36 bits per heavy atom. The van der Waals surface area contributed by atoms with Gasteiger partial charge in [-0.15, -0.1) is 15.1 Å². The first kappa shape index (κ1) is 16.2. The third kappa shape index (κ3) is 2.31.